The lowest BCUT2D eigenvalue weighted by atomic mass is 10.0. The van der Waals surface area contributed by atoms with Crippen LogP contribution in [0.2, 0.25) is 0 Å². The predicted octanol–water partition coefficient (Wildman–Crippen LogP) is 3.47. The Morgan fingerprint density at radius 3 is 2.77 bits per heavy atom. The summed E-state index contributed by atoms with van der Waals surface area (Å²) >= 11 is 0. The molecule has 0 atom stereocenters. The fourth-order valence-corrected chi connectivity index (χ4v) is 2.89. The first kappa shape index (κ1) is 19.1. The average Bonchev–Trinajstić information content (AvgIpc) is 3.14. The zero-order chi connectivity index (χ0) is 20.9. The van der Waals surface area contributed by atoms with E-state index in [1.54, 1.807) is 60.7 Å². The number of benzene rings is 1. The van der Waals surface area contributed by atoms with Gasteiger partial charge in [-0.2, -0.15) is 5.10 Å². The number of hydrazine groups is 1. The average molecular weight is 403 g/mol. The Labute approximate surface area is 171 Å². The highest BCUT2D eigenvalue weighted by Crippen LogP contribution is 2.29. The lowest BCUT2D eigenvalue weighted by Crippen LogP contribution is -2.36. The van der Waals surface area contributed by atoms with Gasteiger partial charge in [0, 0.05) is 31.0 Å². The maximum Gasteiger partial charge on any atom is 0.337 e. The second kappa shape index (κ2) is 8.39. The molecule has 0 radical (unpaired) electrons. The molecule has 150 valence electrons. The molecule has 30 heavy (non-hydrogen) atoms. The highest BCUT2D eigenvalue weighted by atomic mass is 19.1. The first-order valence-electron chi connectivity index (χ1n) is 9.08. The largest absolute Gasteiger partial charge is 0.337 e. The van der Waals surface area contributed by atoms with Gasteiger partial charge in [-0.1, -0.05) is 18.2 Å². The molecule has 0 aliphatic carbocycles. The monoisotopic (exact) mass is 403 g/mol. The zero-order valence-electron chi connectivity index (χ0n) is 16.0. The van der Waals surface area contributed by atoms with Gasteiger partial charge in [0.15, 0.2) is 5.65 Å². The maximum atomic E-state index is 13.3. The number of urea groups is 1. The fourth-order valence-electron chi connectivity index (χ4n) is 2.89. The van der Waals surface area contributed by atoms with Crippen LogP contribution in [0.15, 0.2) is 67.3 Å². The number of fused-ring (bicyclic) bond motifs is 1. The molecule has 0 fully saturated rings. The maximum absolute atomic E-state index is 13.3. The number of aryl methyl sites for hydroxylation is 1. The number of amides is 2. The molecular weight excluding hydrogens is 385 g/mol. The van der Waals surface area contributed by atoms with Crippen LogP contribution in [0.4, 0.5) is 15.0 Å². The number of rotatable bonds is 5. The van der Waals surface area contributed by atoms with Crippen molar-refractivity contribution in [1.29, 1.82) is 0 Å². The van der Waals surface area contributed by atoms with Crippen molar-refractivity contribution in [2.75, 3.05) is 5.43 Å². The van der Waals surface area contributed by atoms with Gasteiger partial charge in [-0.05, 0) is 47.0 Å². The Hall–Kier alpha value is -4.27. The number of nitrogens with one attached hydrogen (secondary N) is 3. The summed E-state index contributed by atoms with van der Waals surface area (Å²) in [5.41, 5.74) is 8.43. The van der Waals surface area contributed by atoms with Crippen LogP contribution in [0, 0.1) is 5.82 Å². The van der Waals surface area contributed by atoms with E-state index < -0.39 is 6.03 Å². The molecule has 0 aliphatic heterocycles. The third-order valence-electron chi connectivity index (χ3n) is 4.34. The number of aromatic nitrogens is 4. The standard InChI is InChI=1S/C21H18FN7O/c1-29-20-18(13-25-29)17(15-4-6-16(22)7-5-15)11-19(26-20)27-28-21(30)24-10-8-14-3-2-9-23-12-14/h2-13H,1H3,(H,26,27)(H2,24,28,30)/b10-8+. The van der Waals surface area contributed by atoms with Crippen LogP contribution in [-0.4, -0.2) is 25.8 Å². The number of halogens is 1. The quantitative estimate of drug-likeness (QED) is 0.444. The number of carbonyl (C=O) groups is 1. The summed E-state index contributed by atoms with van der Waals surface area (Å²) in [6.45, 7) is 0. The highest BCUT2D eigenvalue weighted by Gasteiger charge is 2.12. The zero-order valence-corrected chi connectivity index (χ0v) is 16.0. The molecule has 4 rings (SSSR count). The predicted molar refractivity (Wildman–Crippen MR) is 112 cm³/mol. The Morgan fingerprint density at radius 1 is 1.17 bits per heavy atom. The molecular formula is C21H18FN7O. The van der Waals surface area contributed by atoms with Crippen molar-refractivity contribution < 1.29 is 9.18 Å². The van der Waals surface area contributed by atoms with Crippen molar-refractivity contribution in [1.82, 2.24) is 30.5 Å². The molecule has 0 saturated carbocycles. The van der Waals surface area contributed by atoms with Crippen molar-refractivity contribution in [3.05, 3.63) is 78.6 Å². The van der Waals surface area contributed by atoms with Crippen molar-refractivity contribution in [3.63, 3.8) is 0 Å². The molecule has 8 nitrogen and oxygen atoms in total. The molecule has 0 saturated heterocycles. The van der Waals surface area contributed by atoms with Gasteiger partial charge in [0.2, 0.25) is 0 Å². The normalized spacial score (nSPS) is 11.0. The first-order valence-corrected chi connectivity index (χ1v) is 9.08. The van der Waals surface area contributed by atoms with E-state index in [2.05, 4.69) is 31.2 Å². The molecule has 1 aromatic carbocycles. The van der Waals surface area contributed by atoms with Crippen molar-refractivity contribution in [2.24, 2.45) is 7.05 Å². The molecule has 4 aromatic rings. The molecule has 0 bridgehead atoms. The summed E-state index contributed by atoms with van der Waals surface area (Å²) < 4.78 is 14.9. The van der Waals surface area contributed by atoms with E-state index in [0.717, 1.165) is 22.1 Å². The van der Waals surface area contributed by atoms with Crippen LogP contribution in [0.25, 0.3) is 28.2 Å². The number of carbonyl (C=O) groups excluding carboxylic acids is 1. The van der Waals surface area contributed by atoms with E-state index in [9.17, 15) is 9.18 Å². The SMILES string of the molecule is Cn1ncc2c(-c3ccc(F)cc3)cc(NNC(=O)N/C=C/c3cccnc3)nc21. The topological polar surface area (TPSA) is 96.8 Å². The summed E-state index contributed by atoms with van der Waals surface area (Å²) in [4.78, 5) is 20.5. The van der Waals surface area contributed by atoms with Crippen molar-refractivity contribution >= 4 is 29.0 Å². The van der Waals surface area contributed by atoms with E-state index in [1.807, 2.05) is 6.07 Å². The minimum Gasteiger partial charge on any atom is -0.313 e. The van der Waals surface area contributed by atoms with Crippen LogP contribution < -0.4 is 16.2 Å². The molecule has 3 heterocycles. The first-order chi connectivity index (χ1) is 14.6. The lowest BCUT2D eigenvalue weighted by Gasteiger charge is -2.11. The second-order valence-corrected chi connectivity index (χ2v) is 6.41. The number of anilines is 1. The summed E-state index contributed by atoms with van der Waals surface area (Å²) in [5, 5.41) is 7.65. The number of nitrogens with zero attached hydrogens (tertiary/aromatic N) is 4. The fraction of sp³-hybridized carbons (Fsp3) is 0.0476. The van der Waals surface area contributed by atoms with Crippen LogP contribution in [0.1, 0.15) is 5.56 Å². The smallest absolute Gasteiger partial charge is 0.313 e. The third-order valence-corrected chi connectivity index (χ3v) is 4.34. The van der Waals surface area contributed by atoms with E-state index >= 15 is 0 Å². The van der Waals surface area contributed by atoms with Crippen LogP contribution in [-0.2, 0) is 7.05 Å². The van der Waals surface area contributed by atoms with E-state index in [-0.39, 0.29) is 5.82 Å². The summed E-state index contributed by atoms with van der Waals surface area (Å²) in [6, 6.07) is 11.1. The van der Waals surface area contributed by atoms with Gasteiger partial charge >= 0.3 is 6.03 Å². The van der Waals surface area contributed by atoms with E-state index in [1.165, 1.54) is 18.3 Å². The molecule has 0 unspecified atom stereocenters. The van der Waals surface area contributed by atoms with Crippen LogP contribution in [0.3, 0.4) is 0 Å². The molecule has 9 heteroatoms. The molecule has 2 amide bonds. The molecule has 3 N–H and O–H groups in total. The van der Waals surface area contributed by atoms with Crippen molar-refractivity contribution in [3.8, 4) is 11.1 Å². The van der Waals surface area contributed by atoms with Crippen LogP contribution in [0.5, 0.6) is 0 Å². The Morgan fingerprint density at radius 2 is 2.00 bits per heavy atom. The summed E-state index contributed by atoms with van der Waals surface area (Å²) in [6.07, 6.45) is 8.29. The van der Waals surface area contributed by atoms with Gasteiger partial charge in [-0.25, -0.2) is 14.2 Å². The van der Waals surface area contributed by atoms with E-state index in [4.69, 9.17) is 0 Å². The Bertz CT molecular complexity index is 1200. The van der Waals surface area contributed by atoms with Gasteiger partial charge in [0.25, 0.3) is 0 Å². The summed E-state index contributed by atoms with van der Waals surface area (Å²) in [7, 11) is 1.77. The van der Waals surface area contributed by atoms with Gasteiger partial charge in [-0.3, -0.25) is 20.5 Å². The Balaban J connectivity index is 1.50. The number of hydrogen-bond donors (Lipinski definition) is 3. The van der Waals surface area contributed by atoms with Crippen molar-refractivity contribution in [2.45, 2.75) is 0 Å². The van der Waals surface area contributed by atoms with Gasteiger partial charge in [0.1, 0.15) is 11.6 Å². The number of hydrogen-bond acceptors (Lipinski definition) is 5. The van der Waals surface area contributed by atoms with E-state index in [0.29, 0.717) is 11.5 Å². The Kier molecular flexibility index (Phi) is 5.33. The minimum atomic E-state index is -0.467. The molecule has 3 aromatic heterocycles. The third kappa shape index (κ3) is 4.25. The second-order valence-electron chi connectivity index (χ2n) is 6.41. The number of pyridine rings is 2. The van der Waals surface area contributed by atoms with Gasteiger partial charge in [0.05, 0.1) is 6.20 Å². The lowest BCUT2D eigenvalue weighted by molar-refractivity contribution is 0.246. The highest BCUT2D eigenvalue weighted by molar-refractivity contribution is 5.94. The minimum absolute atomic E-state index is 0.314. The summed E-state index contributed by atoms with van der Waals surface area (Å²) in [5.74, 6) is 0.100. The van der Waals surface area contributed by atoms with Gasteiger partial charge < -0.3 is 5.32 Å². The van der Waals surface area contributed by atoms with Crippen LogP contribution >= 0.6 is 0 Å². The molecule has 0 aliphatic rings. The molecule has 0 spiro atoms. The van der Waals surface area contributed by atoms with Gasteiger partial charge in [-0.15, -0.1) is 0 Å².